The zero-order valence-corrected chi connectivity index (χ0v) is 21.8. The molecular weight excluding hydrogens is 530 g/mol. The van der Waals surface area contributed by atoms with Crippen LogP contribution in [0.3, 0.4) is 0 Å². The van der Waals surface area contributed by atoms with Gasteiger partial charge in [-0.1, -0.05) is 11.6 Å². The van der Waals surface area contributed by atoms with Gasteiger partial charge in [-0.05, 0) is 49.5 Å². The second kappa shape index (κ2) is 14.4. The Balaban J connectivity index is 1.41. The first-order chi connectivity index (χ1) is 17.8. The van der Waals surface area contributed by atoms with Crippen LogP contribution in [0.1, 0.15) is 35.2 Å². The number of hydrogen-bond donors (Lipinski definition) is 4. The minimum atomic E-state index is -0.910. The highest BCUT2D eigenvalue weighted by Crippen LogP contribution is 2.31. The summed E-state index contributed by atoms with van der Waals surface area (Å²) in [4.78, 5) is 29.0. The number of aromatic nitrogens is 1. The average Bonchev–Trinajstić information content (AvgIpc) is 3.25. The van der Waals surface area contributed by atoms with Gasteiger partial charge in [-0.2, -0.15) is 4.37 Å². The first-order valence-electron chi connectivity index (χ1n) is 11.9. The number of ether oxygens (including phenoxy) is 1. The highest BCUT2D eigenvalue weighted by molar-refractivity contribution is 7.11. The predicted molar refractivity (Wildman–Crippen MR) is 137 cm³/mol. The number of piperazine rings is 1. The number of benzene rings is 1. The van der Waals surface area contributed by atoms with Gasteiger partial charge in [-0.15, -0.1) is 0 Å². The number of unbranched alkanes of at least 4 members (excludes halogenated alkanes) is 1. The molecular formula is C23H31ClF2N6O4S. The molecule has 2 aromatic rings. The number of nitrogens with one attached hydrogen (secondary N) is 2. The summed E-state index contributed by atoms with van der Waals surface area (Å²) >= 11 is 6.38. The number of anilines is 1. The van der Waals surface area contributed by atoms with Crippen molar-refractivity contribution < 1.29 is 28.2 Å². The normalized spacial score (nSPS) is 14.5. The van der Waals surface area contributed by atoms with E-state index in [1.165, 1.54) is 0 Å². The Labute approximate surface area is 222 Å². The van der Waals surface area contributed by atoms with Gasteiger partial charge in [0.2, 0.25) is 5.88 Å². The van der Waals surface area contributed by atoms with Crippen LogP contribution in [0, 0.1) is 11.6 Å². The molecule has 0 unspecified atom stereocenters. The number of amides is 3. The first kappa shape index (κ1) is 29.0. The molecule has 0 bridgehead atoms. The Morgan fingerprint density at radius 1 is 1.11 bits per heavy atom. The molecule has 1 saturated heterocycles. The standard InChI is InChI=1S/C23H31ClF2N6O4S/c24-15-12-17(25)16(18(26)13-15)14-36-21-19(20(27)34)22(37-30-21)29-23(35)28-4-1-2-5-31-7-9-32(10-8-31)6-3-11-33/h12-13,33H,1-11,14H2,(H2,27,34)(H2,28,29,35). The molecule has 14 heteroatoms. The van der Waals surface area contributed by atoms with E-state index in [9.17, 15) is 18.4 Å². The van der Waals surface area contributed by atoms with Gasteiger partial charge in [0.05, 0.1) is 5.56 Å². The molecule has 1 fully saturated rings. The number of aliphatic hydroxyl groups is 1. The fourth-order valence-corrected chi connectivity index (χ4v) is 4.79. The second-order valence-electron chi connectivity index (χ2n) is 8.54. The van der Waals surface area contributed by atoms with Gasteiger partial charge < -0.3 is 30.7 Å². The van der Waals surface area contributed by atoms with E-state index in [-0.39, 0.29) is 33.6 Å². The van der Waals surface area contributed by atoms with Crippen LogP contribution < -0.4 is 21.1 Å². The van der Waals surface area contributed by atoms with Gasteiger partial charge in [0.15, 0.2) is 0 Å². The van der Waals surface area contributed by atoms with Crippen molar-refractivity contribution in [3.63, 3.8) is 0 Å². The molecule has 0 atom stereocenters. The third-order valence-electron chi connectivity index (χ3n) is 5.88. The monoisotopic (exact) mass is 560 g/mol. The maximum Gasteiger partial charge on any atom is 0.319 e. The molecule has 37 heavy (non-hydrogen) atoms. The summed E-state index contributed by atoms with van der Waals surface area (Å²) in [5.41, 5.74) is 4.85. The molecule has 1 aliphatic rings. The van der Waals surface area contributed by atoms with Crippen LogP contribution >= 0.6 is 23.1 Å². The highest BCUT2D eigenvalue weighted by Gasteiger charge is 2.23. The molecule has 5 N–H and O–H groups in total. The number of nitrogens with two attached hydrogens (primary N) is 1. The zero-order chi connectivity index (χ0) is 26.8. The molecule has 2 heterocycles. The fourth-order valence-electron chi connectivity index (χ4n) is 3.87. The van der Waals surface area contributed by atoms with Gasteiger partial charge in [-0.25, -0.2) is 13.6 Å². The van der Waals surface area contributed by atoms with Crippen molar-refractivity contribution in [1.29, 1.82) is 0 Å². The third-order valence-corrected chi connectivity index (χ3v) is 6.84. The van der Waals surface area contributed by atoms with E-state index in [4.69, 9.17) is 27.2 Å². The number of carbonyl (C=O) groups excluding carboxylic acids is 2. The van der Waals surface area contributed by atoms with E-state index in [0.29, 0.717) is 6.54 Å². The maximum atomic E-state index is 14.0. The Hall–Kier alpha value is -2.58. The van der Waals surface area contributed by atoms with Gasteiger partial charge in [-0.3, -0.25) is 10.1 Å². The lowest BCUT2D eigenvalue weighted by Crippen LogP contribution is -2.46. The molecule has 204 valence electrons. The van der Waals surface area contributed by atoms with Crippen LogP contribution in [0.15, 0.2) is 12.1 Å². The number of rotatable bonds is 13. The lowest BCUT2D eigenvalue weighted by Gasteiger charge is -2.34. The van der Waals surface area contributed by atoms with Crippen LogP contribution in [0.2, 0.25) is 5.02 Å². The van der Waals surface area contributed by atoms with E-state index in [1.807, 2.05) is 0 Å². The van der Waals surface area contributed by atoms with E-state index in [2.05, 4.69) is 24.8 Å². The van der Waals surface area contributed by atoms with Crippen LogP contribution in [0.25, 0.3) is 0 Å². The summed E-state index contributed by atoms with van der Waals surface area (Å²) in [6.07, 6.45) is 2.49. The number of primary amides is 1. The van der Waals surface area contributed by atoms with Crippen molar-refractivity contribution in [2.45, 2.75) is 25.9 Å². The molecule has 1 aromatic carbocycles. The van der Waals surface area contributed by atoms with Crippen LogP contribution in [-0.2, 0) is 6.61 Å². The summed E-state index contributed by atoms with van der Waals surface area (Å²) in [6, 6.07) is 1.35. The smallest absolute Gasteiger partial charge is 0.319 e. The SMILES string of the molecule is NC(=O)c1c(OCc2c(F)cc(Cl)cc2F)nsc1NC(=O)NCCCCN1CCN(CCCO)CC1. The zero-order valence-electron chi connectivity index (χ0n) is 20.3. The van der Waals surface area contributed by atoms with Crippen molar-refractivity contribution in [2.24, 2.45) is 5.73 Å². The van der Waals surface area contributed by atoms with E-state index >= 15 is 0 Å². The Morgan fingerprint density at radius 3 is 2.32 bits per heavy atom. The predicted octanol–water partition coefficient (Wildman–Crippen LogP) is 2.65. The highest BCUT2D eigenvalue weighted by atomic mass is 35.5. The molecule has 0 radical (unpaired) electrons. The molecule has 3 rings (SSSR count). The molecule has 1 aromatic heterocycles. The summed E-state index contributed by atoms with van der Waals surface area (Å²) < 4.78 is 37.3. The number of hydrogen-bond acceptors (Lipinski definition) is 8. The van der Waals surface area contributed by atoms with Crippen LogP contribution in [-0.4, -0.2) is 83.6 Å². The quantitative estimate of drug-likeness (QED) is 0.277. The number of carbonyl (C=O) groups is 2. The van der Waals surface area contributed by atoms with Crippen molar-refractivity contribution in [2.75, 3.05) is 57.7 Å². The average molecular weight is 561 g/mol. The van der Waals surface area contributed by atoms with Gasteiger partial charge in [0.25, 0.3) is 5.91 Å². The summed E-state index contributed by atoms with van der Waals surface area (Å²) in [6.45, 7) is 5.93. The molecule has 3 amide bonds. The van der Waals surface area contributed by atoms with Crippen LogP contribution in [0.5, 0.6) is 5.88 Å². The number of urea groups is 1. The van der Waals surface area contributed by atoms with Crippen molar-refractivity contribution in [3.05, 3.63) is 39.9 Å². The van der Waals surface area contributed by atoms with E-state index in [0.717, 1.165) is 82.2 Å². The second-order valence-corrected chi connectivity index (χ2v) is 9.75. The maximum absolute atomic E-state index is 14.0. The minimum Gasteiger partial charge on any atom is -0.471 e. The number of aliphatic hydroxyl groups excluding tert-OH is 1. The lowest BCUT2D eigenvalue weighted by atomic mass is 10.2. The van der Waals surface area contributed by atoms with Crippen molar-refractivity contribution in [1.82, 2.24) is 19.5 Å². The van der Waals surface area contributed by atoms with Crippen LogP contribution in [0.4, 0.5) is 18.6 Å². The first-order valence-corrected chi connectivity index (χ1v) is 13.1. The van der Waals surface area contributed by atoms with Gasteiger partial charge in [0.1, 0.15) is 28.8 Å². The Kier molecular flexibility index (Phi) is 11.3. The van der Waals surface area contributed by atoms with Gasteiger partial charge in [0, 0.05) is 50.9 Å². The largest absolute Gasteiger partial charge is 0.471 e. The topological polar surface area (TPSA) is 133 Å². The Bertz CT molecular complexity index is 1040. The fraction of sp³-hybridized carbons (Fsp3) is 0.522. The summed E-state index contributed by atoms with van der Waals surface area (Å²) in [5, 5.41) is 14.2. The lowest BCUT2D eigenvalue weighted by molar-refractivity contribution is 0.0996. The molecule has 0 spiro atoms. The molecule has 10 nitrogen and oxygen atoms in total. The Morgan fingerprint density at radius 2 is 1.73 bits per heavy atom. The number of halogens is 3. The summed E-state index contributed by atoms with van der Waals surface area (Å²) in [5.74, 6) is -2.96. The summed E-state index contributed by atoms with van der Waals surface area (Å²) in [7, 11) is 0. The molecule has 0 aliphatic carbocycles. The van der Waals surface area contributed by atoms with Crippen molar-refractivity contribution >= 4 is 40.1 Å². The van der Waals surface area contributed by atoms with Crippen molar-refractivity contribution in [3.8, 4) is 5.88 Å². The molecule has 1 aliphatic heterocycles. The van der Waals surface area contributed by atoms with Gasteiger partial charge >= 0.3 is 6.03 Å². The van der Waals surface area contributed by atoms with E-state index < -0.39 is 30.2 Å². The van der Waals surface area contributed by atoms with E-state index in [1.54, 1.807) is 0 Å². The third kappa shape index (κ3) is 8.75. The minimum absolute atomic E-state index is 0.0659. The number of nitrogens with zero attached hydrogens (tertiary/aromatic N) is 3. The molecule has 0 saturated carbocycles.